The van der Waals surface area contributed by atoms with E-state index in [4.69, 9.17) is 14.2 Å². The topological polar surface area (TPSA) is 86.8 Å². The number of aromatic nitrogens is 1. The summed E-state index contributed by atoms with van der Waals surface area (Å²) in [7, 11) is 3.01. The molecule has 1 heterocycles. The monoisotopic (exact) mass is 350 g/mol. The first kappa shape index (κ1) is 17.7. The first-order valence-corrected chi connectivity index (χ1v) is 8.08. The smallest absolute Gasteiger partial charge is 0.311 e. The molecule has 1 N–H and O–H groups in total. The molecule has 8 heteroatoms. The maximum Gasteiger partial charge on any atom is 0.311 e. The number of hydrogen-bond donors (Lipinski definition) is 1. The molecule has 24 heavy (non-hydrogen) atoms. The van der Waals surface area contributed by atoms with E-state index in [1.807, 2.05) is 0 Å². The maximum absolute atomic E-state index is 12.4. The number of nitrogens with one attached hydrogen (secondary N) is 1. The Morgan fingerprint density at radius 2 is 2.04 bits per heavy atom. The zero-order valence-corrected chi connectivity index (χ0v) is 14.4. The van der Waals surface area contributed by atoms with Crippen molar-refractivity contribution in [3.8, 4) is 11.5 Å². The fourth-order valence-electron chi connectivity index (χ4n) is 1.96. The van der Waals surface area contributed by atoms with Gasteiger partial charge in [-0.1, -0.05) is 0 Å². The van der Waals surface area contributed by atoms with Gasteiger partial charge in [0.15, 0.2) is 5.13 Å². The molecule has 0 fully saturated rings. The summed E-state index contributed by atoms with van der Waals surface area (Å²) < 4.78 is 15.2. The zero-order chi connectivity index (χ0) is 17.5. The van der Waals surface area contributed by atoms with Crippen molar-refractivity contribution in [2.75, 3.05) is 26.1 Å². The number of hydrogen-bond acceptors (Lipinski definition) is 7. The average Bonchev–Trinajstić information content (AvgIpc) is 3.01. The lowest BCUT2D eigenvalue weighted by Crippen LogP contribution is -2.13. The van der Waals surface area contributed by atoms with Crippen LogP contribution in [0, 0.1) is 0 Å². The lowest BCUT2D eigenvalue weighted by atomic mass is 10.1. The number of carbonyl (C=O) groups is 2. The van der Waals surface area contributed by atoms with Gasteiger partial charge >= 0.3 is 5.97 Å². The third-order valence-electron chi connectivity index (χ3n) is 3.05. The van der Waals surface area contributed by atoms with Gasteiger partial charge in [-0.2, -0.15) is 0 Å². The number of ether oxygens (including phenoxy) is 3. The van der Waals surface area contributed by atoms with Crippen LogP contribution in [0.25, 0.3) is 0 Å². The average molecular weight is 350 g/mol. The first-order valence-electron chi connectivity index (χ1n) is 7.20. The fraction of sp³-hybridized carbons (Fsp3) is 0.312. The minimum absolute atomic E-state index is 0.0721. The number of benzene rings is 1. The molecule has 0 atom stereocenters. The molecular weight excluding hydrogens is 332 g/mol. The van der Waals surface area contributed by atoms with Crippen molar-refractivity contribution >= 4 is 28.3 Å². The summed E-state index contributed by atoms with van der Waals surface area (Å²) in [6, 6.07) is 4.94. The molecule has 0 aliphatic rings. The summed E-state index contributed by atoms with van der Waals surface area (Å²) in [6.07, 6.45) is 0.0721. The van der Waals surface area contributed by atoms with Gasteiger partial charge in [-0.15, -0.1) is 11.3 Å². The standard InChI is InChI=1S/C16H18N2O5S/c1-4-23-14(19)7-10-9-24-16(17-10)18-15(20)12-8-11(21-2)5-6-13(12)22-3/h5-6,8-9H,4,7H2,1-3H3,(H,17,18,20). The minimum atomic E-state index is -0.372. The zero-order valence-electron chi connectivity index (χ0n) is 13.6. The Labute approximate surface area is 143 Å². The van der Waals surface area contributed by atoms with E-state index >= 15 is 0 Å². The molecule has 0 aliphatic heterocycles. The number of amides is 1. The van der Waals surface area contributed by atoms with Crippen molar-refractivity contribution in [2.24, 2.45) is 0 Å². The van der Waals surface area contributed by atoms with Gasteiger partial charge in [0.2, 0.25) is 0 Å². The van der Waals surface area contributed by atoms with Crippen LogP contribution in [0.5, 0.6) is 11.5 Å². The summed E-state index contributed by atoms with van der Waals surface area (Å²) in [5, 5.41) is 4.79. The van der Waals surface area contributed by atoms with Crippen LogP contribution >= 0.6 is 11.3 Å². The number of anilines is 1. The molecule has 2 aromatic rings. The quantitative estimate of drug-likeness (QED) is 0.772. The Balaban J connectivity index is 2.10. The van der Waals surface area contributed by atoms with Crippen molar-refractivity contribution < 1.29 is 23.8 Å². The number of methoxy groups -OCH3 is 2. The van der Waals surface area contributed by atoms with Crippen LogP contribution in [0.3, 0.4) is 0 Å². The van der Waals surface area contributed by atoms with Crippen molar-refractivity contribution in [1.82, 2.24) is 4.98 Å². The second-order valence-corrected chi connectivity index (χ2v) is 5.50. The van der Waals surface area contributed by atoms with Crippen molar-refractivity contribution in [2.45, 2.75) is 13.3 Å². The van der Waals surface area contributed by atoms with Gasteiger partial charge in [0.05, 0.1) is 38.5 Å². The van der Waals surface area contributed by atoms with Gasteiger partial charge in [-0.3, -0.25) is 14.9 Å². The molecule has 7 nitrogen and oxygen atoms in total. The van der Waals surface area contributed by atoms with Crippen LogP contribution < -0.4 is 14.8 Å². The van der Waals surface area contributed by atoms with E-state index in [0.717, 1.165) is 0 Å². The molecule has 128 valence electrons. The molecule has 0 bridgehead atoms. The van der Waals surface area contributed by atoms with Gasteiger partial charge in [0.1, 0.15) is 11.5 Å². The number of rotatable bonds is 7. The van der Waals surface area contributed by atoms with E-state index in [2.05, 4.69) is 10.3 Å². The highest BCUT2D eigenvalue weighted by Crippen LogP contribution is 2.25. The Hall–Kier alpha value is -2.61. The highest BCUT2D eigenvalue weighted by Gasteiger charge is 2.16. The summed E-state index contributed by atoms with van der Waals surface area (Å²) in [5.74, 6) is 0.248. The molecule has 2 rings (SSSR count). The van der Waals surface area contributed by atoms with Crippen LogP contribution in [-0.4, -0.2) is 37.7 Å². The largest absolute Gasteiger partial charge is 0.497 e. The normalized spacial score (nSPS) is 10.1. The van der Waals surface area contributed by atoms with E-state index in [1.54, 1.807) is 30.5 Å². The highest BCUT2D eigenvalue weighted by atomic mass is 32.1. The van der Waals surface area contributed by atoms with Crippen LogP contribution in [0.4, 0.5) is 5.13 Å². The predicted octanol–water partition coefficient (Wildman–Crippen LogP) is 2.52. The van der Waals surface area contributed by atoms with E-state index in [0.29, 0.717) is 34.5 Å². The lowest BCUT2D eigenvalue weighted by Gasteiger charge is -2.09. The maximum atomic E-state index is 12.4. The predicted molar refractivity (Wildman–Crippen MR) is 90.0 cm³/mol. The number of nitrogens with zero attached hydrogens (tertiary/aromatic N) is 1. The number of esters is 1. The summed E-state index contributed by atoms with van der Waals surface area (Å²) >= 11 is 1.23. The van der Waals surface area contributed by atoms with Crippen molar-refractivity contribution in [3.05, 3.63) is 34.8 Å². The molecule has 0 saturated carbocycles. The second-order valence-electron chi connectivity index (χ2n) is 4.65. The third-order valence-corrected chi connectivity index (χ3v) is 3.86. The molecule has 0 spiro atoms. The van der Waals surface area contributed by atoms with E-state index < -0.39 is 0 Å². The fourth-order valence-corrected chi connectivity index (χ4v) is 2.67. The van der Waals surface area contributed by atoms with Gasteiger partial charge in [0.25, 0.3) is 5.91 Å². The Morgan fingerprint density at radius 3 is 2.71 bits per heavy atom. The Kier molecular flexibility index (Phi) is 6.14. The van der Waals surface area contributed by atoms with Crippen molar-refractivity contribution in [3.63, 3.8) is 0 Å². The van der Waals surface area contributed by atoms with Crippen LogP contribution in [0.2, 0.25) is 0 Å². The van der Waals surface area contributed by atoms with Crippen molar-refractivity contribution in [1.29, 1.82) is 0 Å². The molecule has 1 amide bonds. The van der Waals surface area contributed by atoms with E-state index in [9.17, 15) is 9.59 Å². The molecule has 1 aromatic carbocycles. The third kappa shape index (κ3) is 4.45. The van der Waals surface area contributed by atoms with Crippen LogP contribution in [-0.2, 0) is 16.0 Å². The molecular formula is C16H18N2O5S. The summed E-state index contributed by atoms with van der Waals surface area (Å²) in [6.45, 7) is 2.06. The minimum Gasteiger partial charge on any atom is -0.497 e. The summed E-state index contributed by atoms with van der Waals surface area (Å²) in [5.41, 5.74) is 0.880. The SMILES string of the molecule is CCOC(=O)Cc1csc(NC(=O)c2cc(OC)ccc2OC)n1. The summed E-state index contributed by atoms with van der Waals surface area (Å²) in [4.78, 5) is 28.1. The van der Waals surface area contributed by atoms with Gasteiger partial charge in [-0.05, 0) is 25.1 Å². The molecule has 0 saturated heterocycles. The molecule has 1 aromatic heterocycles. The molecule has 0 aliphatic carbocycles. The van der Waals surface area contributed by atoms with Crippen LogP contribution in [0.1, 0.15) is 23.0 Å². The van der Waals surface area contributed by atoms with Gasteiger partial charge in [-0.25, -0.2) is 4.98 Å². The van der Waals surface area contributed by atoms with Gasteiger partial charge < -0.3 is 14.2 Å². The number of thiazole rings is 1. The highest BCUT2D eigenvalue weighted by molar-refractivity contribution is 7.14. The van der Waals surface area contributed by atoms with Gasteiger partial charge in [0, 0.05) is 5.38 Å². The molecule has 0 radical (unpaired) electrons. The number of carbonyl (C=O) groups excluding carboxylic acids is 2. The first-order chi connectivity index (χ1) is 11.6. The van der Waals surface area contributed by atoms with E-state index in [-0.39, 0.29) is 18.3 Å². The van der Waals surface area contributed by atoms with Crippen LogP contribution in [0.15, 0.2) is 23.6 Å². The molecule has 0 unspecified atom stereocenters. The van der Waals surface area contributed by atoms with E-state index in [1.165, 1.54) is 25.6 Å². The lowest BCUT2D eigenvalue weighted by molar-refractivity contribution is -0.142. The second kappa shape index (κ2) is 8.30. The Bertz CT molecular complexity index is 729. The Morgan fingerprint density at radius 1 is 1.25 bits per heavy atom.